The van der Waals surface area contributed by atoms with E-state index in [0.717, 1.165) is 5.56 Å². The number of carbonyl (C=O) groups is 1. The number of nitrogens with one attached hydrogen (secondary N) is 1. The maximum absolute atomic E-state index is 13.0. The summed E-state index contributed by atoms with van der Waals surface area (Å²) >= 11 is 0. The SMILES string of the molecule is Cc1cnc(CCNC(=O)c2nnn(-c3ccc(F)cc3)c2C)nc1. The Morgan fingerprint density at radius 1 is 1.16 bits per heavy atom. The molecule has 0 atom stereocenters. The number of rotatable bonds is 5. The molecule has 8 heteroatoms. The zero-order chi connectivity index (χ0) is 17.8. The molecule has 0 saturated heterocycles. The van der Waals surface area contributed by atoms with Gasteiger partial charge in [0.2, 0.25) is 0 Å². The summed E-state index contributed by atoms with van der Waals surface area (Å²) in [6, 6.07) is 5.82. The smallest absolute Gasteiger partial charge is 0.273 e. The number of hydrogen-bond acceptors (Lipinski definition) is 5. The molecule has 0 unspecified atom stereocenters. The highest BCUT2D eigenvalue weighted by molar-refractivity contribution is 5.93. The van der Waals surface area contributed by atoms with E-state index in [1.54, 1.807) is 31.5 Å². The molecule has 1 amide bonds. The lowest BCUT2D eigenvalue weighted by Crippen LogP contribution is -2.27. The van der Waals surface area contributed by atoms with Crippen LogP contribution in [-0.2, 0) is 6.42 Å². The molecule has 0 aliphatic heterocycles. The molecule has 3 rings (SSSR count). The monoisotopic (exact) mass is 340 g/mol. The molecule has 1 aromatic carbocycles. The Balaban J connectivity index is 1.64. The fourth-order valence-electron chi connectivity index (χ4n) is 2.29. The van der Waals surface area contributed by atoms with Crippen molar-refractivity contribution in [3.8, 4) is 5.69 Å². The topological polar surface area (TPSA) is 85.6 Å². The van der Waals surface area contributed by atoms with Crippen molar-refractivity contribution in [2.24, 2.45) is 0 Å². The van der Waals surface area contributed by atoms with Crippen molar-refractivity contribution in [1.82, 2.24) is 30.3 Å². The average molecular weight is 340 g/mol. The summed E-state index contributed by atoms with van der Waals surface area (Å²) in [6.45, 7) is 4.05. The molecule has 0 aliphatic rings. The van der Waals surface area contributed by atoms with Gasteiger partial charge in [0.25, 0.3) is 5.91 Å². The van der Waals surface area contributed by atoms with Gasteiger partial charge in [-0.25, -0.2) is 19.0 Å². The number of benzene rings is 1. The Hall–Kier alpha value is -3.16. The van der Waals surface area contributed by atoms with Crippen LogP contribution in [0.15, 0.2) is 36.7 Å². The van der Waals surface area contributed by atoms with Crippen molar-refractivity contribution >= 4 is 5.91 Å². The van der Waals surface area contributed by atoms with Crippen LogP contribution in [0.3, 0.4) is 0 Å². The van der Waals surface area contributed by atoms with Crippen LogP contribution in [0, 0.1) is 19.7 Å². The molecule has 2 aromatic heterocycles. The molecule has 7 nitrogen and oxygen atoms in total. The molecule has 2 heterocycles. The van der Waals surface area contributed by atoms with Crippen LogP contribution in [0.1, 0.15) is 27.6 Å². The highest BCUT2D eigenvalue weighted by Crippen LogP contribution is 2.12. The maximum Gasteiger partial charge on any atom is 0.273 e. The van der Waals surface area contributed by atoms with Crippen LogP contribution in [0.5, 0.6) is 0 Å². The Bertz CT molecular complexity index is 873. The van der Waals surface area contributed by atoms with Crippen molar-refractivity contribution in [2.45, 2.75) is 20.3 Å². The predicted molar refractivity (Wildman–Crippen MR) is 88.9 cm³/mol. The van der Waals surface area contributed by atoms with E-state index in [9.17, 15) is 9.18 Å². The van der Waals surface area contributed by atoms with Crippen molar-refractivity contribution in [3.63, 3.8) is 0 Å². The Kier molecular flexibility index (Phi) is 4.78. The minimum Gasteiger partial charge on any atom is -0.350 e. The van der Waals surface area contributed by atoms with E-state index in [-0.39, 0.29) is 17.4 Å². The molecule has 1 N–H and O–H groups in total. The molecule has 0 saturated carbocycles. The van der Waals surface area contributed by atoms with Gasteiger partial charge in [-0.3, -0.25) is 4.79 Å². The van der Waals surface area contributed by atoms with Crippen LogP contribution < -0.4 is 5.32 Å². The molecular weight excluding hydrogens is 323 g/mol. The first-order valence-corrected chi connectivity index (χ1v) is 7.78. The van der Waals surface area contributed by atoms with Crippen LogP contribution in [0.2, 0.25) is 0 Å². The second kappa shape index (κ2) is 7.16. The number of aryl methyl sites for hydroxylation is 1. The van der Waals surface area contributed by atoms with Gasteiger partial charge in [0.05, 0.1) is 11.4 Å². The molecule has 128 valence electrons. The quantitative estimate of drug-likeness (QED) is 0.765. The average Bonchev–Trinajstić information content (AvgIpc) is 2.99. The van der Waals surface area contributed by atoms with E-state index in [1.165, 1.54) is 16.8 Å². The van der Waals surface area contributed by atoms with Crippen LogP contribution in [0.4, 0.5) is 4.39 Å². The molecule has 0 spiro atoms. The first kappa shape index (κ1) is 16.7. The summed E-state index contributed by atoms with van der Waals surface area (Å²) in [6.07, 6.45) is 4.00. The van der Waals surface area contributed by atoms with Crippen molar-refractivity contribution in [3.05, 3.63) is 65.3 Å². The summed E-state index contributed by atoms with van der Waals surface area (Å²) in [7, 11) is 0. The van der Waals surface area contributed by atoms with Gasteiger partial charge in [-0.2, -0.15) is 0 Å². The molecule has 0 aliphatic carbocycles. The van der Waals surface area contributed by atoms with Crippen molar-refractivity contribution in [1.29, 1.82) is 0 Å². The Labute approximate surface area is 143 Å². The summed E-state index contributed by atoms with van der Waals surface area (Å²) < 4.78 is 14.5. The van der Waals surface area contributed by atoms with Crippen molar-refractivity contribution in [2.75, 3.05) is 6.54 Å². The van der Waals surface area contributed by atoms with Crippen LogP contribution in [-0.4, -0.2) is 37.4 Å². The standard InChI is InChI=1S/C17H17FN6O/c1-11-9-20-15(21-10-11)7-8-19-17(25)16-12(2)24(23-22-16)14-5-3-13(18)4-6-14/h3-6,9-10H,7-8H2,1-2H3,(H,19,25). The predicted octanol–water partition coefficient (Wildman–Crippen LogP) is 1.79. The van der Waals surface area contributed by atoms with E-state index in [1.807, 2.05) is 6.92 Å². The fraction of sp³-hybridized carbons (Fsp3) is 0.235. The zero-order valence-electron chi connectivity index (χ0n) is 13.9. The molecule has 0 radical (unpaired) electrons. The normalized spacial score (nSPS) is 10.7. The van der Waals surface area contributed by atoms with E-state index in [4.69, 9.17) is 0 Å². The molecule has 0 bridgehead atoms. The number of halogens is 1. The number of hydrogen-bond donors (Lipinski definition) is 1. The van der Waals surface area contributed by atoms with E-state index in [2.05, 4.69) is 25.6 Å². The van der Waals surface area contributed by atoms with Crippen LogP contribution in [0.25, 0.3) is 5.69 Å². The second-order valence-electron chi connectivity index (χ2n) is 5.59. The number of aromatic nitrogens is 5. The third-order valence-corrected chi connectivity index (χ3v) is 3.65. The molecule has 0 fully saturated rings. The van der Waals surface area contributed by atoms with E-state index >= 15 is 0 Å². The molecule has 3 aromatic rings. The Morgan fingerprint density at radius 2 is 1.84 bits per heavy atom. The first-order chi connectivity index (χ1) is 12.0. The zero-order valence-corrected chi connectivity index (χ0v) is 13.9. The third-order valence-electron chi connectivity index (χ3n) is 3.65. The van der Waals surface area contributed by atoms with E-state index < -0.39 is 0 Å². The number of amides is 1. The largest absolute Gasteiger partial charge is 0.350 e. The van der Waals surface area contributed by atoms with Gasteiger partial charge in [0, 0.05) is 25.4 Å². The minimum atomic E-state index is -0.335. The number of carbonyl (C=O) groups excluding carboxylic acids is 1. The van der Waals surface area contributed by atoms with Gasteiger partial charge in [0.15, 0.2) is 5.69 Å². The van der Waals surface area contributed by atoms with Crippen LogP contribution >= 0.6 is 0 Å². The van der Waals surface area contributed by atoms with Gasteiger partial charge >= 0.3 is 0 Å². The lowest BCUT2D eigenvalue weighted by molar-refractivity contribution is 0.0948. The fourth-order valence-corrected chi connectivity index (χ4v) is 2.29. The van der Waals surface area contributed by atoms with Crippen molar-refractivity contribution < 1.29 is 9.18 Å². The summed E-state index contributed by atoms with van der Waals surface area (Å²) in [4.78, 5) is 20.7. The highest BCUT2D eigenvalue weighted by Gasteiger charge is 2.17. The first-order valence-electron chi connectivity index (χ1n) is 7.78. The summed E-state index contributed by atoms with van der Waals surface area (Å²) in [5.41, 5.74) is 2.43. The lowest BCUT2D eigenvalue weighted by Gasteiger charge is -2.05. The number of nitrogens with zero attached hydrogens (tertiary/aromatic N) is 5. The maximum atomic E-state index is 13.0. The second-order valence-corrected chi connectivity index (χ2v) is 5.59. The lowest BCUT2D eigenvalue weighted by atomic mass is 10.2. The van der Waals surface area contributed by atoms with Gasteiger partial charge in [0.1, 0.15) is 11.6 Å². The Morgan fingerprint density at radius 3 is 2.52 bits per heavy atom. The minimum absolute atomic E-state index is 0.231. The van der Waals surface area contributed by atoms with Gasteiger partial charge in [-0.1, -0.05) is 5.21 Å². The third kappa shape index (κ3) is 3.85. The molecule has 25 heavy (non-hydrogen) atoms. The van der Waals surface area contributed by atoms with Gasteiger partial charge in [-0.15, -0.1) is 5.10 Å². The summed E-state index contributed by atoms with van der Waals surface area (Å²) in [5.74, 6) is 0.00775. The summed E-state index contributed by atoms with van der Waals surface area (Å²) in [5, 5.41) is 10.7. The van der Waals surface area contributed by atoms with E-state index in [0.29, 0.717) is 30.2 Å². The molecular formula is C17H17FN6O. The van der Waals surface area contributed by atoms with Gasteiger partial charge in [-0.05, 0) is 43.7 Å². The highest BCUT2D eigenvalue weighted by atomic mass is 19.1. The van der Waals surface area contributed by atoms with Gasteiger partial charge < -0.3 is 5.32 Å².